The molecule has 0 bridgehead atoms. The summed E-state index contributed by atoms with van der Waals surface area (Å²) in [5.41, 5.74) is 13.4. The van der Waals surface area contributed by atoms with E-state index < -0.39 is 0 Å². The fraction of sp³-hybridized carbons (Fsp3) is 0.125. The monoisotopic (exact) mass is 280 g/mol. The number of hydrogen-bond acceptors (Lipinski definition) is 5. The van der Waals surface area contributed by atoms with Crippen LogP contribution >= 0.6 is 0 Å². The van der Waals surface area contributed by atoms with Crippen molar-refractivity contribution >= 4 is 22.5 Å². The average Bonchev–Trinajstić information content (AvgIpc) is 2.50. The molecule has 0 amide bonds. The number of hydrogen-bond donors (Lipinski definition) is 2. The topological polar surface area (TPSA) is 87.0 Å². The minimum absolute atomic E-state index is 0.191. The quantitative estimate of drug-likeness (QED) is 0.769. The maximum Gasteiger partial charge on any atom is 0.221 e. The van der Waals surface area contributed by atoms with Gasteiger partial charge in [-0.1, -0.05) is 30.3 Å². The Labute approximate surface area is 122 Å². The van der Waals surface area contributed by atoms with Gasteiger partial charge in [-0.15, -0.1) is 0 Å². The van der Waals surface area contributed by atoms with Gasteiger partial charge in [0.25, 0.3) is 0 Å². The molecule has 0 atom stereocenters. The molecule has 21 heavy (non-hydrogen) atoms. The van der Waals surface area contributed by atoms with Gasteiger partial charge in [0.2, 0.25) is 5.95 Å². The van der Waals surface area contributed by atoms with Crippen LogP contribution in [0.4, 0.5) is 11.8 Å². The maximum atomic E-state index is 5.91. The summed E-state index contributed by atoms with van der Waals surface area (Å²) in [4.78, 5) is 8.02. The number of nitrogen functional groups attached to an aromatic ring is 2. The molecule has 0 saturated heterocycles. The van der Waals surface area contributed by atoms with Gasteiger partial charge in [-0.25, -0.2) is 4.98 Å². The van der Waals surface area contributed by atoms with Gasteiger partial charge in [-0.05, 0) is 17.0 Å². The molecule has 4 N–H and O–H groups in total. The van der Waals surface area contributed by atoms with Gasteiger partial charge < -0.3 is 16.2 Å². The van der Waals surface area contributed by atoms with Gasteiger partial charge in [-0.3, -0.25) is 0 Å². The predicted octanol–water partition coefficient (Wildman–Crippen LogP) is 2.39. The number of benzene rings is 2. The molecule has 1 heterocycles. The van der Waals surface area contributed by atoms with E-state index in [2.05, 4.69) is 16.0 Å². The van der Waals surface area contributed by atoms with Crippen molar-refractivity contribution in [3.05, 3.63) is 53.7 Å². The van der Waals surface area contributed by atoms with Crippen LogP contribution in [-0.2, 0) is 6.42 Å². The Kier molecular flexibility index (Phi) is 3.31. The zero-order chi connectivity index (χ0) is 14.8. The van der Waals surface area contributed by atoms with Gasteiger partial charge in [0.05, 0.1) is 7.11 Å². The summed E-state index contributed by atoms with van der Waals surface area (Å²) in [7, 11) is 1.67. The van der Waals surface area contributed by atoms with E-state index in [-0.39, 0.29) is 5.95 Å². The van der Waals surface area contributed by atoms with Crippen molar-refractivity contribution in [1.82, 2.24) is 9.97 Å². The summed E-state index contributed by atoms with van der Waals surface area (Å²) >= 11 is 0. The second kappa shape index (κ2) is 5.28. The number of aromatic nitrogens is 2. The average molecular weight is 280 g/mol. The summed E-state index contributed by atoms with van der Waals surface area (Å²) in [5, 5.41) is 2.21. The van der Waals surface area contributed by atoms with Crippen molar-refractivity contribution in [2.45, 2.75) is 6.42 Å². The lowest BCUT2D eigenvalue weighted by Crippen LogP contribution is -2.04. The number of fused-ring (bicyclic) bond motifs is 1. The molecule has 5 heteroatoms. The minimum atomic E-state index is 0.191. The van der Waals surface area contributed by atoms with Crippen LogP contribution in [0.15, 0.2) is 42.6 Å². The number of methoxy groups -OCH3 is 1. The van der Waals surface area contributed by atoms with Crippen LogP contribution in [0, 0.1) is 0 Å². The number of anilines is 2. The fourth-order valence-electron chi connectivity index (χ4n) is 2.44. The molecule has 3 aromatic rings. The Morgan fingerprint density at radius 2 is 1.76 bits per heavy atom. The van der Waals surface area contributed by atoms with E-state index in [1.807, 2.05) is 30.3 Å². The van der Waals surface area contributed by atoms with Gasteiger partial charge in [0.1, 0.15) is 11.6 Å². The van der Waals surface area contributed by atoms with Crippen LogP contribution in [0.3, 0.4) is 0 Å². The second-order valence-corrected chi connectivity index (χ2v) is 4.79. The smallest absolute Gasteiger partial charge is 0.221 e. The van der Waals surface area contributed by atoms with Crippen LogP contribution in [0.2, 0.25) is 0 Å². The van der Waals surface area contributed by atoms with E-state index in [9.17, 15) is 0 Å². The zero-order valence-electron chi connectivity index (χ0n) is 11.7. The van der Waals surface area contributed by atoms with Gasteiger partial charge in [-0.2, -0.15) is 4.98 Å². The Morgan fingerprint density at radius 3 is 2.48 bits per heavy atom. The molecule has 1 aromatic heterocycles. The standard InChI is InChI=1S/C16H16N4O/c1-21-14-7-6-10(12-4-2-3-5-13(12)14)8-11-9-19-16(18)20-15(11)17/h2-7,9H,8H2,1H3,(H4,17,18,19,20). The highest BCUT2D eigenvalue weighted by molar-refractivity contribution is 5.91. The number of rotatable bonds is 3. The lowest BCUT2D eigenvalue weighted by atomic mass is 9.98. The molecule has 0 unspecified atom stereocenters. The summed E-state index contributed by atoms with van der Waals surface area (Å²) in [6.45, 7) is 0. The van der Waals surface area contributed by atoms with Crippen molar-refractivity contribution in [2.24, 2.45) is 0 Å². The van der Waals surface area contributed by atoms with Crippen LogP contribution < -0.4 is 16.2 Å². The molecular formula is C16H16N4O. The van der Waals surface area contributed by atoms with Crippen molar-refractivity contribution in [3.63, 3.8) is 0 Å². The summed E-state index contributed by atoms with van der Waals surface area (Å²) in [6, 6.07) is 12.1. The van der Waals surface area contributed by atoms with Crippen molar-refractivity contribution in [1.29, 1.82) is 0 Å². The third-order valence-corrected chi connectivity index (χ3v) is 3.49. The molecule has 0 aliphatic heterocycles. The molecule has 5 nitrogen and oxygen atoms in total. The summed E-state index contributed by atoms with van der Waals surface area (Å²) < 4.78 is 5.41. The maximum absolute atomic E-state index is 5.91. The van der Waals surface area contributed by atoms with Crippen LogP contribution in [0.1, 0.15) is 11.1 Å². The molecule has 3 rings (SSSR count). The van der Waals surface area contributed by atoms with Gasteiger partial charge in [0, 0.05) is 23.6 Å². The minimum Gasteiger partial charge on any atom is -0.496 e. The van der Waals surface area contributed by atoms with Crippen LogP contribution in [0.5, 0.6) is 5.75 Å². The highest BCUT2D eigenvalue weighted by Gasteiger charge is 2.09. The van der Waals surface area contributed by atoms with Gasteiger partial charge >= 0.3 is 0 Å². The third kappa shape index (κ3) is 2.45. The molecule has 0 aliphatic carbocycles. The normalized spacial score (nSPS) is 10.7. The van der Waals surface area contributed by atoms with Crippen molar-refractivity contribution < 1.29 is 4.74 Å². The molecule has 0 saturated carbocycles. The number of nitrogens with two attached hydrogens (primary N) is 2. The fourth-order valence-corrected chi connectivity index (χ4v) is 2.44. The molecule has 0 fully saturated rings. The molecule has 106 valence electrons. The zero-order valence-corrected chi connectivity index (χ0v) is 11.7. The summed E-state index contributed by atoms with van der Waals surface area (Å²) in [6.07, 6.45) is 2.33. The first-order valence-corrected chi connectivity index (χ1v) is 6.60. The van der Waals surface area contributed by atoms with E-state index in [0.29, 0.717) is 12.2 Å². The highest BCUT2D eigenvalue weighted by Crippen LogP contribution is 2.30. The Morgan fingerprint density at radius 1 is 1.00 bits per heavy atom. The van der Waals surface area contributed by atoms with Crippen molar-refractivity contribution in [2.75, 3.05) is 18.6 Å². The Balaban J connectivity index is 2.09. The van der Waals surface area contributed by atoms with E-state index in [0.717, 1.165) is 27.6 Å². The summed E-state index contributed by atoms with van der Waals surface area (Å²) in [5.74, 6) is 1.47. The molecular weight excluding hydrogens is 264 g/mol. The first kappa shape index (κ1) is 13.2. The van der Waals surface area contributed by atoms with Crippen molar-refractivity contribution in [3.8, 4) is 5.75 Å². The molecule has 0 aliphatic rings. The van der Waals surface area contributed by atoms with Crippen LogP contribution in [-0.4, -0.2) is 17.1 Å². The SMILES string of the molecule is COc1ccc(Cc2cnc(N)nc2N)c2ccccc12. The second-order valence-electron chi connectivity index (χ2n) is 4.79. The Bertz CT molecular complexity index is 801. The predicted molar refractivity (Wildman–Crippen MR) is 84.2 cm³/mol. The first-order valence-electron chi connectivity index (χ1n) is 6.60. The third-order valence-electron chi connectivity index (χ3n) is 3.49. The van der Waals surface area contributed by atoms with Gasteiger partial charge in [0.15, 0.2) is 0 Å². The number of nitrogens with zero attached hydrogens (tertiary/aromatic N) is 2. The first-order chi connectivity index (χ1) is 10.2. The van der Waals surface area contributed by atoms with E-state index >= 15 is 0 Å². The lowest BCUT2D eigenvalue weighted by molar-refractivity contribution is 0.419. The Hall–Kier alpha value is -2.82. The molecule has 0 spiro atoms. The molecule has 2 aromatic carbocycles. The van der Waals surface area contributed by atoms with E-state index in [1.54, 1.807) is 13.3 Å². The van der Waals surface area contributed by atoms with Crippen LogP contribution in [0.25, 0.3) is 10.8 Å². The highest BCUT2D eigenvalue weighted by atomic mass is 16.5. The van der Waals surface area contributed by atoms with E-state index in [1.165, 1.54) is 0 Å². The molecule has 0 radical (unpaired) electrons. The van der Waals surface area contributed by atoms with E-state index in [4.69, 9.17) is 16.2 Å². The largest absolute Gasteiger partial charge is 0.496 e. The lowest BCUT2D eigenvalue weighted by Gasteiger charge is -2.11. The number of ether oxygens (including phenoxy) is 1.